The second-order valence-electron chi connectivity index (χ2n) is 3.74. The van der Waals surface area contributed by atoms with Gasteiger partial charge in [0.2, 0.25) is 0 Å². The van der Waals surface area contributed by atoms with Gasteiger partial charge >= 0.3 is 11.4 Å². The number of nitrogens with one attached hydrogen (secondary N) is 1. The van der Waals surface area contributed by atoms with Gasteiger partial charge in [-0.3, -0.25) is 4.98 Å². The van der Waals surface area contributed by atoms with E-state index in [1.807, 2.05) is 0 Å². The highest BCUT2D eigenvalue weighted by Crippen LogP contribution is 2.23. The Hall–Kier alpha value is -1.63. The van der Waals surface area contributed by atoms with Gasteiger partial charge in [-0.2, -0.15) is 0 Å². The van der Waals surface area contributed by atoms with Crippen LogP contribution in [0.4, 0.5) is 0 Å². The SMILES string of the molecule is O=c1[nH]c2cccc(C(O)C(O)CCl)c2c(=O)o1. The predicted octanol–water partition coefficient (Wildman–Crippen LogP) is 0.114. The normalized spacial score (nSPS) is 14.6. The molecule has 0 amide bonds. The van der Waals surface area contributed by atoms with Gasteiger partial charge < -0.3 is 14.6 Å². The van der Waals surface area contributed by atoms with Crippen molar-refractivity contribution in [1.29, 1.82) is 0 Å². The van der Waals surface area contributed by atoms with Gasteiger partial charge in [0.25, 0.3) is 0 Å². The number of rotatable bonds is 3. The van der Waals surface area contributed by atoms with Gasteiger partial charge in [0.1, 0.15) is 6.10 Å². The molecule has 0 saturated carbocycles. The summed E-state index contributed by atoms with van der Waals surface area (Å²) in [6, 6.07) is 4.49. The molecule has 18 heavy (non-hydrogen) atoms. The molecule has 0 aliphatic heterocycles. The standard InChI is InChI=1S/C11H10ClNO5/c12-4-7(14)9(15)5-2-1-3-6-8(5)10(16)18-11(17)13-6/h1-3,7,9,14-15H,4H2,(H,13,17). The molecule has 0 fully saturated rings. The van der Waals surface area contributed by atoms with Gasteiger partial charge in [0.05, 0.1) is 22.9 Å². The average molecular weight is 272 g/mol. The minimum atomic E-state index is -1.33. The van der Waals surface area contributed by atoms with E-state index in [1.165, 1.54) is 18.2 Å². The summed E-state index contributed by atoms with van der Waals surface area (Å²) in [5.74, 6) is -1.07. The molecule has 3 N–H and O–H groups in total. The molecular formula is C11H10ClNO5. The first-order valence-corrected chi connectivity index (χ1v) is 5.66. The fourth-order valence-corrected chi connectivity index (χ4v) is 1.88. The fraction of sp³-hybridized carbons (Fsp3) is 0.273. The number of aromatic nitrogens is 1. The summed E-state index contributed by atoms with van der Waals surface area (Å²) in [5.41, 5.74) is -0.481. The largest absolute Gasteiger partial charge is 0.419 e. The number of fused-ring (bicyclic) bond motifs is 1. The molecule has 2 unspecified atom stereocenters. The van der Waals surface area contributed by atoms with Crippen molar-refractivity contribution in [3.63, 3.8) is 0 Å². The van der Waals surface area contributed by atoms with Crippen LogP contribution in [-0.2, 0) is 0 Å². The molecular weight excluding hydrogens is 262 g/mol. The van der Waals surface area contributed by atoms with Crippen LogP contribution in [0.1, 0.15) is 11.7 Å². The molecule has 2 aromatic rings. The Kier molecular flexibility index (Phi) is 3.51. The zero-order chi connectivity index (χ0) is 13.3. The Balaban J connectivity index is 2.73. The number of benzene rings is 1. The van der Waals surface area contributed by atoms with E-state index in [1.54, 1.807) is 0 Å². The molecule has 0 aliphatic rings. The third-order valence-electron chi connectivity index (χ3n) is 2.56. The molecule has 1 aromatic carbocycles. The van der Waals surface area contributed by atoms with Crippen molar-refractivity contribution in [1.82, 2.24) is 4.98 Å². The maximum Gasteiger partial charge on any atom is 0.419 e. The molecule has 6 nitrogen and oxygen atoms in total. The van der Waals surface area contributed by atoms with Gasteiger partial charge in [-0.25, -0.2) is 9.59 Å². The number of aliphatic hydroxyl groups excluding tert-OH is 2. The van der Waals surface area contributed by atoms with Crippen molar-refractivity contribution in [3.05, 3.63) is 44.7 Å². The van der Waals surface area contributed by atoms with E-state index in [0.717, 1.165) is 0 Å². The minimum Gasteiger partial charge on any atom is -0.389 e. The van der Waals surface area contributed by atoms with Crippen LogP contribution < -0.4 is 11.4 Å². The lowest BCUT2D eigenvalue weighted by Crippen LogP contribution is -2.23. The first-order valence-electron chi connectivity index (χ1n) is 5.12. The summed E-state index contributed by atoms with van der Waals surface area (Å²) in [7, 11) is 0. The molecule has 96 valence electrons. The lowest BCUT2D eigenvalue weighted by Gasteiger charge is -2.16. The molecule has 2 rings (SSSR count). The van der Waals surface area contributed by atoms with Gasteiger partial charge in [0, 0.05) is 0 Å². The maximum absolute atomic E-state index is 11.6. The van der Waals surface area contributed by atoms with Crippen LogP contribution in [0, 0.1) is 0 Å². The van der Waals surface area contributed by atoms with Crippen LogP contribution in [-0.4, -0.2) is 27.2 Å². The van der Waals surface area contributed by atoms with Crippen molar-refractivity contribution >= 4 is 22.5 Å². The van der Waals surface area contributed by atoms with Gasteiger partial charge in [-0.1, -0.05) is 12.1 Å². The van der Waals surface area contributed by atoms with E-state index in [-0.39, 0.29) is 22.3 Å². The Labute approximate surface area is 105 Å². The number of alkyl halides is 1. The van der Waals surface area contributed by atoms with Crippen molar-refractivity contribution in [3.8, 4) is 0 Å². The second kappa shape index (κ2) is 4.93. The van der Waals surface area contributed by atoms with Crippen LogP contribution in [0.25, 0.3) is 10.9 Å². The zero-order valence-corrected chi connectivity index (χ0v) is 9.85. The van der Waals surface area contributed by atoms with E-state index in [2.05, 4.69) is 9.40 Å². The molecule has 7 heteroatoms. The van der Waals surface area contributed by atoms with E-state index in [9.17, 15) is 19.8 Å². The molecule has 2 atom stereocenters. The first-order chi connectivity index (χ1) is 8.54. The number of halogens is 1. The van der Waals surface area contributed by atoms with Crippen LogP contribution in [0.5, 0.6) is 0 Å². The summed E-state index contributed by atoms with van der Waals surface area (Å²) in [6.45, 7) is 0. The summed E-state index contributed by atoms with van der Waals surface area (Å²) in [4.78, 5) is 25.0. The highest BCUT2D eigenvalue weighted by atomic mass is 35.5. The second-order valence-corrected chi connectivity index (χ2v) is 4.05. The number of hydrogen-bond donors (Lipinski definition) is 3. The van der Waals surface area contributed by atoms with E-state index in [4.69, 9.17) is 11.6 Å². The van der Waals surface area contributed by atoms with Crippen molar-refractivity contribution in [2.24, 2.45) is 0 Å². The molecule has 0 bridgehead atoms. The van der Waals surface area contributed by atoms with Crippen molar-refractivity contribution < 1.29 is 14.6 Å². The average Bonchev–Trinajstić information content (AvgIpc) is 2.35. The monoisotopic (exact) mass is 271 g/mol. The number of hydrogen-bond acceptors (Lipinski definition) is 5. The summed E-state index contributed by atoms with van der Waals surface area (Å²) < 4.78 is 4.40. The van der Waals surface area contributed by atoms with Gasteiger partial charge in [-0.05, 0) is 11.6 Å². The molecule has 0 aliphatic carbocycles. The summed E-state index contributed by atoms with van der Waals surface area (Å²) in [6.07, 6.45) is -2.55. The number of aliphatic hydroxyl groups is 2. The lowest BCUT2D eigenvalue weighted by molar-refractivity contribution is 0.0335. The highest BCUT2D eigenvalue weighted by molar-refractivity contribution is 6.18. The minimum absolute atomic E-state index is 0.0220. The van der Waals surface area contributed by atoms with E-state index < -0.39 is 23.6 Å². The fourth-order valence-electron chi connectivity index (χ4n) is 1.71. The Bertz CT molecular complexity index is 677. The Morgan fingerprint density at radius 1 is 1.33 bits per heavy atom. The third-order valence-corrected chi connectivity index (χ3v) is 2.88. The Morgan fingerprint density at radius 3 is 2.72 bits per heavy atom. The first kappa shape index (κ1) is 12.8. The van der Waals surface area contributed by atoms with E-state index >= 15 is 0 Å². The number of aromatic amines is 1. The smallest absolute Gasteiger partial charge is 0.389 e. The lowest BCUT2D eigenvalue weighted by atomic mass is 10.0. The molecule has 0 saturated heterocycles. The van der Waals surface area contributed by atoms with E-state index in [0.29, 0.717) is 0 Å². The number of H-pyrrole nitrogens is 1. The maximum atomic E-state index is 11.6. The predicted molar refractivity (Wildman–Crippen MR) is 64.8 cm³/mol. The van der Waals surface area contributed by atoms with Gasteiger partial charge in [-0.15, -0.1) is 11.6 Å². The van der Waals surface area contributed by atoms with Crippen molar-refractivity contribution in [2.75, 3.05) is 5.88 Å². The van der Waals surface area contributed by atoms with Crippen LogP contribution in [0.2, 0.25) is 0 Å². The van der Waals surface area contributed by atoms with Gasteiger partial charge in [0.15, 0.2) is 0 Å². The van der Waals surface area contributed by atoms with Crippen LogP contribution in [0.3, 0.4) is 0 Å². The van der Waals surface area contributed by atoms with Crippen LogP contribution >= 0.6 is 11.6 Å². The van der Waals surface area contributed by atoms with Crippen LogP contribution in [0.15, 0.2) is 32.2 Å². The quantitative estimate of drug-likeness (QED) is 0.688. The topological polar surface area (TPSA) is 104 Å². The summed E-state index contributed by atoms with van der Waals surface area (Å²) >= 11 is 5.44. The molecule has 1 heterocycles. The summed E-state index contributed by atoms with van der Waals surface area (Å²) in [5, 5.41) is 19.4. The molecule has 1 aromatic heterocycles. The molecule has 0 radical (unpaired) electrons. The zero-order valence-electron chi connectivity index (χ0n) is 9.09. The Morgan fingerprint density at radius 2 is 2.06 bits per heavy atom. The third kappa shape index (κ3) is 2.17. The molecule has 0 spiro atoms. The highest BCUT2D eigenvalue weighted by Gasteiger charge is 2.21. The van der Waals surface area contributed by atoms with Crippen molar-refractivity contribution in [2.45, 2.75) is 12.2 Å².